The van der Waals surface area contributed by atoms with Crippen molar-refractivity contribution in [3.8, 4) is 5.75 Å². The summed E-state index contributed by atoms with van der Waals surface area (Å²) in [7, 11) is -4.37. The van der Waals surface area contributed by atoms with Crippen molar-refractivity contribution in [1.29, 1.82) is 0 Å². The molecule has 2 aromatic heterocycles. The molecule has 2 aliphatic carbocycles. The maximum atomic E-state index is 13.4. The number of aliphatic hydroxyl groups excluding tert-OH is 3. The molecule has 1 saturated carbocycles. The molecule has 2 aromatic carbocycles. The summed E-state index contributed by atoms with van der Waals surface area (Å²) < 4.78 is 80.1. The summed E-state index contributed by atoms with van der Waals surface area (Å²) in [6, 6.07) is 13.8. The Labute approximate surface area is 472 Å². The highest BCUT2D eigenvalue weighted by Crippen LogP contribution is 2.41. The van der Waals surface area contributed by atoms with E-state index in [0.717, 1.165) is 18.2 Å². The fourth-order valence-electron chi connectivity index (χ4n) is 9.46. The van der Waals surface area contributed by atoms with Crippen LogP contribution in [0.2, 0.25) is 0 Å². The van der Waals surface area contributed by atoms with Crippen molar-refractivity contribution in [3.05, 3.63) is 77.7 Å². The second-order valence-electron chi connectivity index (χ2n) is 19.6. The Balaban J connectivity index is 0.894. The van der Waals surface area contributed by atoms with E-state index in [2.05, 4.69) is 38.1 Å². The number of benzene rings is 2. The minimum Gasteiger partial charge on any atom is -0.479 e. The molecule has 2 fully saturated rings. The number of aliphatic carboxylic acids is 1. The van der Waals surface area contributed by atoms with Crippen molar-refractivity contribution in [3.63, 3.8) is 0 Å². The van der Waals surface area contributed by atoms with Gasteiger partial charge in [0.05, 0.1) is 89.8 Å². The molecule has 3 heterocycles. The molecule has 450 valence electrons. The average Bonchev–Trinajstić information content (AvgIpc) is 4.33. The first-order chi connectivity index (χ1) is 39.4. The largest absolute Gasteiger partial charge is 0.508 e. The van der Waals surface area contributed by atoms with Crippen LogP contribution in [0, 0.1) is 5.92 Å². The second kappa shape index (κ2) is 31.3. The third kappa shape index (κ3) is 19.0. The van der Waals surface area contributed by atoms with Gasteiger partial charge < -0.3 is 83.6 Å². The number of nitrogens with one attached hydrogen (secondary N) is 3. The first-order valence-corrected chi connectivity index (χ1v) is 28.2. The van der Waals surface area contributed by atoms with Gasteiger partial charge in [-0.2, -0.15) is 8.42 Å². The van der Waals surface area contributed by atoms with Gasteiger partial charge in [0.1, 0.15) is 60.3 Å². The number of carbonyl (C=O) groups is 5. The molecule has 4 aromatic rings. The van der Waals surface area contributed by atoms with Crippen LogP contribution in [-0.4, -0.2) is 189 Å². The molecule has 0 unspecified atom stereocenters. The number of amides is 2. The number of fused-ring (bicyclic) bond motifs is 2. The number of anilines is 2. The predicted molar refractivity (Wildman–Crippen MR) is 286 cm³/mol. The van der Waals surface area contributed by atoms with Crippen LogP contribution >= 0.6 is 0 Å². The normalized spacial score (nSPS) is 22.3. The number of rotatable bonds is 34. The molecule has 0 spiro atoms. The van der Waals surface area contributed by atoms with Crippen LogP contribution in [0.4, 0.5) is 16.3 Å². The Morgan fingerprint density at radius 2 is 1.49 bits per heavy atom. The number of nitrogens with two attached hydrogens (primary N) is 1. The zero-order valence-electron chi connectivity index (χ0n) is 45.2. The van der Waals surface area contributed by atoms with Gasteiger partial charge in [-0.15, -0.1) is 0 Å². The van der Waals surface area contributed by atoms with E-state index in [0.29, 0.717) is 70.6 Å². The molecule has 9 N–H and O–H groups in total. The van der Waals surface area contributed by atoms with E-state index in [1.165, 1.54) is 42.6 Å². The van der Waals surface area contributed by atoms with Crippen LogP contribution in [0.25, 0.3) is 11.0 Å². The molecule has 0 radical (unpaired) electrons. The maximum absolute atomic E-state index is 13.4. The first-order valence-electron chi connectivity index (χ1n) is 26.8. The van der Waals surface area contributed by atoms with E-state index in [1.807, 2.05) is 29.0 Å². The van der Waals surface area contributed by atoms with Crippen molar-refractivity contribution >= 4 is 62.6 Å². The minimum absolute atomic E-state index is 0.0168. The third-order valence-electron chi connectivity index (χ3n) is 13.6. The highest BCUT2D eigenvalue weighted by Gasteiger charge is 2.48. The number of aromatic nitrogens is 3. The molecule has 29 heteroatoms. The van der Waals surface area contributed by atoms with Crippen LogP contribution < -0.4 is 25.8 Å². The topological polar surface area (TPSA) is 386 Å². The lowest BCUT2D eigenvalue weighted by Crippen LogP contribution is -2.61. The monoisotopic (exact) mass is 1170 g/mol. The smallest absolute Gasteiger partial charge is 0.479 e. The van der Waals surface area contributed by atoms with Crippen molar-refractivity contribution < 1.29 is 99.6 Å². The van der Waals surface area contributed by atoms with Crippen molar-refractivity contribution in [2.75, 3.05) is 89.9 Å². The van der Waals surface area contributed by atoms with Gasteiger partial charge >= 0.3 is 22.4 Å². The summed E-state index contributed by atoms with van der Waals surface area (Å²) in [4.78, 5) is 71.1. The molecular weight excluding hydrogens is 1100 g/mol. The van der Waals surface area contributed by atoms with Crippen LogP contribution in [-0.2, 0) is 84.6 Å². The van der Waals surface area contributed by atoms with E-state index in [1.54, 1.807) is 0 Å². The van der Waals surface area contributed by atoms with Crippen LogP contribution in [0.15, 0.2) is 61.1 Å². The predicted octanol–water partition coefficient (Wildman–Crippen LogP) is 1.59. The molecule has 28 nitrogen and oxygen atoms in total. The summed E-state index contributed by atoms with van der Waals surface area (Å²) in [5.74, 6) is -2.87. The number of nitrogens with zero attached hydrogens (tertiary/aromatic N) is 3. The summed E-state index contributed by atoms with van der Waals surface area (Å²) in [5, 5.41) is 55.6. The van der Waals surface area contributed by atoms with Crippen LogP contribution in [0.5, 0.6) is 5.75 Å². The number of ketones is 1. The van der Waals surface area contributed by atoms with Gasteiger partial charge in [0, 0.05) is 50.4 Å². The molecule has 1 aliphatic heterocycles. The number of hydrogen-bond donors (Lipinski definition) is 8. The summed E-state index contributed by atoms with van der Waals surface area (Å²) in [5.41, 5.74) is 3.23. The van der Waals surface area contributed by atoms with Gasteiger partial charge in [-0.3, -0.25) is 18.6 Å². The number of carboxylic acid groups (broad SMARTS) is 1. The standard InChI is InChI=1S/C53H71N7O21S/c1-32(61)12-16-72-18-20-74-22-24-76-25-23-75-21-19-73-17-13-43(62)55-14-10-44(63)58-40-26-33(6-9-41(40)79-52-47(66)45(64)46(65)48(81-52)51(67)68)29-77-53(69)80-42-28-36(27-35(42)30-78-82(54,70)71)60-15-11-38-49(56-31-57-50(38)60)59-39-8-7-34-4-2-3-5-37(34)39/h2-6,9,11,15,26,31,35-36,39,42,45-48,52,64-66H,7-8,10,12-14,16-25,27-30H2,1H3,(H,55,62)(H,58,63)(H,67,68)(H2,54,70,71)(H,56,57,59)/t35-,36+,39-,42+,45-,46-,47+,48-,52+/m0/s1. The summed E-state index contributed by atoms with van der Waals surface area (Å²) >= 11 is 0. The zero-order chi connectivity index (χ0) is 58.6. The Morgan fingerprint density at radius 3 is 2.17 bits per heavy atom. The Kier molecular flexibility index (Phi) is 24.1. The van der Waals surface area contributed by atoms with Crippen LogP contribution in [0.3, 0.4) is 0 Å². The molecule has 0 bridgehead atoms. The van der Waals surface area contributed by atoms with Gasteiger partial charge in [0.15, 0.2) is 6.10 Å². The van der Waals surface area contributed by atoms with Gasteiger partial charge in [-0.05, 0) is 61.1 Å². The molecule has 7 rings (SSSR count). The average molecular weight is 1170 g/mol. The van der Waals surface area contributed by atoms with E-state index in [4.69, 9.17) is 52.0 Å². The highest BCUT2D eigenvalue weighted by molar-refractivity contribution is 7.84. The molecule has 2 amide bonds. The lowest BCUT2D eigenvalue weighted by atomic mass is 9.99. The zero-order valence-corrected chi connectivity index (χ0v) is 46.0. The number of carboxylic acids is 1. The molecule has 82 heavy (non-hydrogen) atoms. The van der Waals surface area contributed by atoms with E-state index >= 15 is 0 Å². The maximum Gasteiger partial charge on any atom is 0.508 e. The quantitative estimate of drug-likeness (QED) is 0.0243. The number of carbonyl (C=O) groups excluding carboxylic acids is 4. The van der Waals surface area contributed by atoms with Gasteiger partial charge in [-0.1, -0.05) is 30.3 Å². The Hall–Kier alpha value is -6.48. The van der Waals surface area contributed by atoms with Crippen molar-refractivity contribution in [1.82, 2.24) is 19.9 Å². The Morgan fingerprint density at radius 1 is 0.805 bits per heavy atom. The first kappa shape index (κ1) is 63.1. The fourth-order valence-corrected chi connectivity index (χ4v) is 9.83. The van der Waals surface area contributed by atoms with Gasteiger partial charge in [0.2, 0.25) is 18.1 Å². The molecule has 1 saturated heterocycles. The van der Waals surface area contributed by atoms with Crippen molar-refractivity contribution in [2.24, 2.45) is 11.1 Å². The van der Waals surface area contributed by atoms with Gasteiger partial charge in [-0.25, -0.2) is 24.7 Å². The molecule has 3 aliphatic rings. The highest BCUT2D eigenvalue weighted by atomic mass is 32.2. The number of aliphatic hydroxyl groups is 3. The van der Waals surface area contributed by atoms with E-state index < -0.39 is 90.2 Å². The van der Waals surface area contributed by atoms with Crippen LogP contribution in [0.1, 0.15) is 74.2 Å². The number of Topliss-reactive ketones (excluding diaryl/α,β-unsaturated/α-hetero) is 1. The fraction of sp³-hybridized carbons (Fsp3) is 0.566. The molecular formula is C53H71N7O21S. The number of hydrogen-bond acceptors (Lipinski definition) is 23. The minimum atomic E-state index is -4.37. The van der Waals surface area contributed by atoms with Gasteiger partial charge in [0.25, 0.3) is 0 Å². The third-order valence-corrected chi connectivity index (χ3v) is 14.1. The lowest BCUT2D eigenvalue weighted by molar-refractivity contribution is -0.271. The summed E-state index contributed by atoms with van der Waals surface area (Å²) in [6.07, 6.45) is -6.17. The second-order valence-corrected chi connectivity index (χ2v) is 20.8. The molecule has 9 atom stereocenters. The lowest BCUT2D eigenvalue weighted by Gasteiger charge is -2.38. The SMILES string of the molecule is CC(=O)CCOCCOCCOCCOCCOCCC(=O)NCCC(=O)Nc1cc(COC(=O)O[C@@H]2C[C@H](n3ccc4c(N[C@H]5CCc6ccccc65)ncnc43)C[C@H]2COS(N)(=O)=O)ccc1O[C@@H]1O[C@H](C(=O)O)[C@@H](O)[C@H](O)[C@H]1O. The Bertz CT molecular complexity index is 2880. The van der Waals surface area contributed by atoms with Crippen molar-refractivity contribution in [2.45, 2.75) is 107 Å². The van der Waals surface area contributed by atoms with E-state index in [9.17, 15) is 52.8 Å². The van der Waals surface area contributed by atoms with E-state index in [-0.39, 0.29) is 80.5 Å². The number of ether oxygens (including phenoxy) is 9. The summed E-state index contributed by atoms with van der Waals surface area (Å²) in [6.45, 7) is 3.67. The number of aryl methyl sites for hydroxylation is 1.